The highest BCUT2D eigenvalue weighted by Crippen LogP contribution is 2.27. The molecule has 0 atom stereocenters. The Hall–Kier alpha value is -1.59. The zero-order chi connectivity index (χ0) is 14.7. The molecular weight excluding hydrogens is 254 g/mol. The number of nitrogens with zero attached hydrogens (tertiary/aromatic N) is 1. The summed E-state index contributed by atoms with van der Waals surface area (Å²) in [4.78, 5) is 14.0. The maximum Gasteiger partial charge on any atom is 0.238 e. The number of benzene rings is 1. The van der Waals surface area contributed by atoms with Gasteiger partial charge in [-0.15, -0.1) is 0 Å². The van der Waals surface area contributed by atoms with Crippen LogP contribution in [0.2, 0.25) is 0 Å². The van der Waals surface area contributed by atoms with Crippen LogP contribution in [-0.2, 0) is 4.79 Å². The van der Waals surface area contributed by atoms with Crippen LogP contribution in [0.25, 0.3) is 0 Å². The molecule has 0 aliphatic heterocycles. The number of nitrogens with one attached hydrogen (secondary N) is 1. The Kier molecular flexibility index (Phi) is 4.62. The van der Waals surface area contributed by atoms with Crippen molar-refractivity contribution in [3.63, 3.8) is 0 Å². The molecule has 0 saturated heterocycles. The number of nitrogens with two attached hydrogens (primary N) is 1. The summed E-state index contributed by atoms with van der Waals surface area (Å²) in [5.74, 6) is 0.470. The summed E-state index contributed by atoms with van der Waals surface area (Å²) in [6, 6.07) is 5.49. The number of rotatable bonds is 5. The van der Waals surface area contributed by atoms with Crippen LogP contribution in [-0.4, -0.2) is 42.2 Å². The molecule has 0 bridgehead atoms. The average molecular weight is 277 g/mol. The van der Waals surface area contributed by atoms with Gasteiger partial charge in [-0.05, 0) is 50.4 Å². The summed E-state index contributed by atoms with van der Waals surface area (Å²) < 4.78 is 0. The maximum atomic E-state index is 12.0. The second-order valence-electron chi connectivity index (χ2n) is 5.81. The lowest BCUT2D eigenvalue weighted by Crippen LogP contribution is -2.40. The number of carbonyl (C=O) groups is 1. The normalized spacial score (nSPS) is 21.6. The summed E-state index contributed by atoms with van der Waals surface area (Å²) >= 11 is 0. The van der Waals surface area contributed by atoms with Crippen LogP contribution in [0.1, 0.15) is 18.4 Å². The smallest absolute Gasteiger partial charge is 0.238 e. The predicted molar refractivity (Wildman–Crippen MR) is 80.4 cm³/mol. The number of aliphatic hydroxyl groups is 1. The molecule has 5 nitrogen and oxygen atoms in total. The monoisotopic (exact) mass is 277 g/mol. The topological polar surface area (TPSA) is 78.6 Å². The Balaban J connectivity index is 1.81. The van der Waals surface area contributed by atoms with Crippen molar-refractivity contribution in [3.8, 4) is 0 Å². The fourth-order valence-electron chi connectivity index (χ4n) is 2.56. The van der Waals surface area contributed by atoms with Crippen molar-refractivity contribution in [2.45, 2.75) is 25.9 Å². The maximum absolute atomic E-state index is 12.0. The molecule has 0 radical (unpaired) electrons. The Bertz CT molecular complexity index is 484. The number of hydrogen-bond acceptors (Lipinski definition) is 4. The fraction of sp³-hybridized carbons (Fsp3) is 0.533. The lowest BCUT2D eigenvalue weighted by molar-refractivity contribution is -0.117. The number of hydrogen-bond donors (Lipinski definition) is 3. The number of carbonyl (C=O) groups excluding carboxylic acids is 1. The van der Waals surface area contributed by atoms with Crippen molar-refractivity contribution in [1.82, 2.24) is 4.90 Å². The lowest BCUT2D eigenvalue weighted by atomic mass is 9.82. The quantitative estimate of drug-likeness (QED) is 0.707. The Labute approximate surface area is 119 Å². The molecule has 4 N–H and O–H groups in total. The van der Waals surface area contributed by atoms with E-state index in [9.17, 15) is 9.90 Å². The number of likely N-dealkylation sites (N-methyl/N-ethyl adjacent to an activating group) is 1. The van der Waals surface area contributed by atoms with Crippen molar-refractivity contribution < 1.29 is 9.90 Å². The highest BCUT2D eigenvalue weighted by Gasteiger charge is 2.28. The molecule has 0 aromatic heterocycles. The van der Waals surface area contributed by atoms with E-state index in [1.807, 2.05) is 31.0 Å². The minimum atomic E-state index is -0.142. The SMILES string of the molecule is Cc1ccc(N)cc1NC(=O)CN(C)CC1CC(O)C1. The number of anilines is 2. The summed E-state index contributed by atoms with van der Waals surface area (Å²) in [5, 5.41) is 12.1. The zero-order valence-corrected chi connectivity index (χ0v) is 12.1. The summed E-state index contributed by atoms with van der Waals surface area (Å²) in [6.07, 6.45) is 1.55. The number of amides is 1. The number of aliphatic hydroxyl groups excluding tert-OH is 1. The first-order valence-corrected chi connectivity index (χ1v) is 6.96. The van der Waals surface area contributed by atoms with Crippen molar-refractivity contribution in [2.24, 2.45) is 5.92 Å². The molecule has 20 heavy (non-hydrogen) atoms. The van der Waals surface area contributed by atoms with Crippen molar-refractivity contribution in [2.75, 3.05) is 31.2 Å². The Morgan fingerprint density at radius 2 is 2.20 bits per heavy atom. The molecule has 1 saturated carbocycles. The van der Waals surface area contributed by atoms with Gasteiger partial charge in [0.15, 0.2) is 0 Å². The third-order valence-corrected chi connectivity index (χ3v) is 3.73. The van der Waals surface area contributed by atoms with Crippen LogP contribution < -0.4 is 11.1 Å². The van der Waals surface area contributed by atoms with E-state index in [0.29, 0.717) is 18.2 Å². The van der Waals surface area contributed by atoms with Gasteiger partial charge in [0.1, 0.15) is 0 Å². The third kappa shape index (κ3) is 3.95. The minimum absolute atomic E-state index is 0.0407. The van der Waals surface area contributed by atoms with E-state index in [-0.39, 0.29) is 12.0 Å². The molecule has 0 unspecified atom stereocenters. The van der Waals surface area contributed by atoms with Crippen molar-refractivity contribution in [3.05, 3.63) is 23.8 Å². The van der Waals surface area contributed by atoms with Gasteiger partial charge >= 0.3 is 0 Å². The molecule has 110 valence electrons. The molecular formula is C15H23N3O2. The fourth-order valence-corrected chi connectivity index (χ4v) is 2.56. The van der Waals surface area contributed by atoms with E-state index in [1.165, 1.54) is 0 Å². The van der Waals surface area contributed by atoms with E-state index in [1.54, 1.807) is 6.07 Å². The van der Waals surface area contributed by atoms with Gasteiger partial charge < -0.3 is 16.2 Å². The van der Waals surface area contributed by atoms with Crippen LogP contribution >= 0.6 is 0 Å². The number of nitrogen functional groups attached to an aromatic ring is 1. The molecule has 0 spiro atoms. The molecule has 1 fully saturated rings. The van der Waals surface area contributed by atoms with Crippen LogP contribution in [0.3, 0.4) is 0 Å². The standard InChI is InChI=1S/C15H23N3O2/c1-10-3-4-12(16)7-14(10)17-15(20)9-18(2)8-11-5-13(19)6-11/h3-4,7,11,13,19H,5-6,8-9,16H2,1-2H3,(H,17,20). The molecule has 1 amide bonds. The largest absolute Gasteiger partial charge is 0.399 e. The van der Waals surface area contributed by atoms with E-state index < -0.39 is 0 Å². The first-order valence-electron chi connectivity index (χ1n) is 6.96. The van der Waals surface area contributed by atoms with E-state index in [0.717, 1.165) is 30.6 Å². The molecule has 1 aromatic rings. The first-order chi connectivity index (χ1) is 9.44. The van der Waals surface area contributed by atoms with Gasteiger partial charge in [0, 0.05) is 17.9 Å². The molecule has 1 aliphatic rings. The summed E-state index contributed by atoms with van der Waals surface area (Å²) in [7, 11) is 1.93. The van der Waals surface area contributed by atoms with Crippen molar-refractivity contribution in [1.29, 1.82) is 0 Å². The van der Waals surface area contributed by atoms with Crippen LogP contribution in [0.15, 0.2) is 18.2 Å². The molecule has 2 rings (SSSR count). The van der Waals surface area contributed by atoms with Gasteiger partial charge in [0.25, 0.3) is 0 Å². The highest BCUT2D eigenvalue weighted by atomic mass is 16.3. The van der Waals surface area contributed by atoms with Crippen LogP contribution in [0, 0.1) is 12.8 Å². The molecule has 5 heteroatoms. The van der Waals surface area contributed by atoms with E-state index in [4.69, 9.17) is 5.73 Å². The molecule has 1 aliphatic carbocycles. The van der Waals surface area contributed by atoms with Gasteiger partial charge in [-0.3, -0.25) is 9.69 Å². The van der Waals surface area contributed by atoms with E-state index >= 15 is 0 Å². The third-order valence-electron chi connectivity index (χ3n) is 3.73. The lowest BCUT2D eigenvalue weighted by Gasteiger charge is -2.34. The second-order valence-corrected chi connectivity index (χ2v) is 5.81. The molecule has 1 aromatic carbocycles. The second kappa shape index (κ2) is 6.24. The zero-order valence-electron chi connectivity index (χ0n) is 12.1. The first kappa shape index (κ1) is 14.8. The number of aryl methyl sites for hydroxylation is 1. The van der Waals surface area contributed by atoms with Gasteiger partial charge in [0.05, 0.1) is 12.6 Å². The van der Waals surface area contributed by atoms with Crippen LogP contribution in [0.5, 0.6) is 0 Å². The Morgan fingerprint density at radius 3 is 2.85 bits per heavy atom. The minimum Gasteiger partial charge on any atom is -0.399 e. The van der Waals surface area contributed by atoms with Gasteiger partial charge in [-0.25, -0.2) is 0 Å². The van der Waals surface area contributed by atoms with Gasteiger partial charge in [-0.1, -0.05) is 6.07 Å². The predicted octanol–water partition coefficient (Wildman–Crippen LogP) is 1.22. The molecule has 0 heterocycles. The summed E-state index contributed by atoms with van der Waals surface area (Å²) in [6.45, 7) is 3.13. The van der Waals surface area contributed by atoms with Crippen molar-refractivity contribution >= 4 is 17.3 Å². The Morgan fingerprint density at radius 1 is 1.50 bits per heavy atom. The summed E-state index contributed by atoms with van der Waals surface area (Å²) in [5.41, 5.74) is 8.13. The van der Waals surface area contributed by atoms with E-state index in [2.05, 4.69) is 5.32 Å². The van der Waals surface area contributed by atoms with Gasteiger partial charge in [0.2, 0.25) is 5.91 Å². The van der Waals surface area contributed by atoms with Crippen LogP contribution in [0.4, 0.5) is 11.4 Å². The average Bonchev–Trinajstić information content (AvgIpc) is 2.31. The van der Waals surface area contributed by atoms with Gasteiger partial charge in [-0.2, -0.15) is 0 Å². The highest BCUT2D eigenvalue weighted by molar-refractivity contribution is 5.93.